The fourth-order valence-corrected chi connectivity index (χ4v) is 2.09. The van der Waals surface area contributed by atoms with Gasteiger partial charge in [0.2, 0.25) is 0 Å². The van der Waals surface area contributed by atoms with E-state index in [2.05, 4.69) is 4.98 Å². The molecule has 0 aromatic carbocycles. The van der Waals surface area contributed by atoms with Crippen LogP contribution < -0.4 is 5.56 Å². The number of nitrogens with one attached hydrogen (secondary N) is 1. The molecule has 1 aromatic heterocycles. The highest BCUT2D eigenvalue weighted by atomic mass is 32.1. The molecule has 2 heterocycles. The Morgan fingerprint density at radius 2 is 2.28 bits per heavy atom. The number of halogens is 1. The van der Waals surface area contributed by atoms with Gasteiger partial charge in [-0.3, -0.25) is 18.7 Å². The molecule has 0 spiro atoms. The lowest BCUT2D eigenvalue weighted by Crippen LogP contribution is -2.20. The molecule has 5 nitrogen and oxygen atoms in total. The van der Waals surface area contributed by atoms with Crippen LogP contribution in [0.5, 0.6) is 0 Å². The Labute approximate surface area is 109 Å². The third-order valence-corrected chi connectivity index (χ3v) is 3.06. The number of hydrogen-bond acceptors (Lipinski definition) is 4. The topological polar surface area (TPSA) is 67.2 Å². The molecule has 2 rings (SSSR count). The van der Waals surface area contributed by atoms with Crippen molar-refractivity contribution in [1.82, 2.24) is 9.55 Å². The molecule has 1 aliphatic heterocycles. The van der Waals surface area contributed by atoms with Crippen LogP contribution in [-0.2, 0) is 4.74 Å². The molecule has 0 aliphatic carbocycles. The van der Waals surface area contributed by atoms with Crippen molar-refractivity contribution in [3.8, 4) is 0 Å². The van der Waals surface area contributed by atoms with E-state index in [-0.39, 0.29) is 24.5 Å². The first kappa shape index (κ1) is 15.0. The van der Waals surface area contributed by atoms with Crippen LogP contribution in [0.3, 0.4) is 0 Å². The van der Waals surface area contributed by atoms with Crippen molar-refractivity contribution >= 4 is 12.2 Å². The van der Waals surface area contributed by atoms with E-state index >= 15 is 0 Å². The normalized spacial score (nSPS) is 22.4. The summed E-state index contributed by atoms with van der Waals surface area (Å²) in [7, 11) is 0.500. The second-order valence-electron chi connectivity index (χ2n) is 3.95. The Morgan fingerprint density at radius 1 is 1.61 bits per heavy atom. The number of rotatable bonds is 2. The number of aliphatic hydroxyl groups excluding tert-OH is 1. The van der Waals surface area contributed by atoms with E-state index in [0.29, 0.717) is 17.5 Å². The van der Waals surface area contributed by atoms with Gasteiger partial charge in [0.25, 0.3) is 5.56 Å². The van der Waals surface area contributed by atoms with E-state index in [4.69, 9.17) is 22.1 Å². The summed E-state index contributed by atoms with van der Waals surface area (Å²) in [5.41, 5.74) is 0.433. The summed E-state index contributed by atoms with van der Waals surface area (Å²) >= 11 is 5.08. The molecule has 0 bridgehead atoms. The minimum Gasteiger partial charge on any atom is -0.394 e. The molecular formula is C11H17FN2O3S. The van der Waals surface area contributed by atoms with Gasteiger partial charge >= 0.3 is 0 Å². The number of alkyl halides is 1. The number of aryl methyl sites for hydroxylation is 1. The van der Waals surface area contributed by atoms with Gasteiger partial charge in [-0.15, -0.1) is 0 Å². The molecule has 2 atom stereocenters. The molecule has 102 valence electrons. The first-order valence-electron chi connectivity index (χ1n) is 5.58. The van der Waals surface area contributed by atoms with E-state index < -0.39 is 0 Å². The number of aromatic amines is 1. The summed E-state index contributed by atoms with van der Waals surface area (Å²) < 4.78 is 17.2. The van der Waals surface area contributed by atoms with E-state index in [1.807, 2.05) is 0 Å². The Hall–Kier alpha value is -1.05. The van der Waals surface area contributed by atoms with Gasteiger partial charge < -0.3 is 9.84 Å². The predicted octanol–water partition coefficient (Wildman–Crippen LogP) is 1.47. The third-order valence-electron chi connectivity index (χ3n) is 2.74. The third kappa shape index (κ3) is 3.24. The monoisotopic (exact) mass is 276 g/mol. The summed E-state index contributed by atoms with van der Waals surface area (Å²) in [5, 5.41) is 8.98. The highest BCUT2D eigenvalue weighted by Crippen LogP contribution is 2.27. The lowest BCUT2D eigenvalue weighted by Gasteiger charge is -2.16. The van der Waals surface area contributed by atoms with Crippen LogP contribution in [0.4, 0.5) is 4.39 Å². The first-order chi connectivity index (χ1) is 8.61. The van der Waals surface area contributed by atoms with Crippen molar-refractivity contribution in [2.75, 3.05) is 13.8 Å². The Morgan fingerprint density at radius 3 is 2.83 bits per heavy atom. The zero-order valence-corrected chi connectivity index (χ0v) is 11.2. The zero-order valence-electron chi connectivity index (χ0n) is 10.4. The van der Waals surface area contributed by atoms with Crippen molar-refractivity contribution in [1.29, 1.82) is 0 Å². The Kier molecular flexibility index (Phi) is 5.64. The number of aliphatic hydroxyl groups is 1. The van der Waals surface area contributed by atoms with E-state index in [1.54, 1.807) is 17.7 Å². The van der Waals surface area contributed by atoms with Crippen molar-refractivity contribution in [3.63, 3.8) is 0 Å². The van der Waals surface area contributed by atoms with Gasteiger partial charge in [0.1, 0.15) is 6.23 Å². The number of hydrogen-bond donors (Lipinski definition) is 2. The highest BCUT2D eigenvalue weighted by molar-refractivity contribution is 7.71. The molecule has 0 radical (unpaired) electrons. The summed E-state index contributed by atoms with van der Waals surface area (Å²) in [6, 6.07) is 0. The largest absolute Gasteiger partial charge is 0.394 e. The van der Waals surface area contributed by atoms with E-state index in [1.165, 1.54) is 0 Å². The molecule has 2 unspecified atom stereocenters. The second-order valence-corrected chi connectivity index (χ2v) is 4.34. The maximum atomic E-state index is 11.3. The number of H-pyrrole nitrogens is 1. The van der Waals surface area contributed by atoms with Crippen LogP contribution in [-0.4, -0.2) is 34.5 Å². The summed E-state index contributed by atoms with van der Waals surface area (Å²) in [6.45, 7) is 1.74. The quantitative estimate of drug-likeness (QED) is 0.803. The molecule has 7 heteroatoms. The van der Waals surface area contributed by atoms with Crippen LogP contribution in [0.25, 0.3) is 0 Å². The van der Waals surface area contributed by atoms with Gasteiger partial charge in [-0.1, -0.05) is 0 Å². The molecule has 1 aliphatic rings. The first-order valence-corrected chi connectivity index (χ1v) is 5.99. The number of ether oxygens (including phenoxy) is 1. The van der Waals surface area contributed by atoms with Crippen LogP contribution in [0.1, 0.15) is 24.6 Å². The maximum Gasteiger partial charge on any atom is 0.254 e. The lowest BCUT2D eigenvalue weighted by atomic mass is 10.2. The molecule has 0 amide bonds. The average molecular weight is 276 g/mol. The number of aromatic nitrogens is 2. The van der Waals surface area contributed by atoms with E-state index in [9.17, 15) is 9.18 Å². The predicted molar refractivity (Wildman–Crippen MR) is 67.9 cm³/mol. The van der Waals surface area contributed by atoms with Crippen molar-refractivity contribution in [2.45, 2.75) is 32.1 Å². The Bertz CT molecular complexity index is 500. The molecule has 2 N–H and O–H groups in total. The molecule has 0 saturated carbocycles. The molecule has 1 saturated heterocycles. The van der Waals surface area contributed by atoms with Gasteiger partial charge in [0.15, 0.2) is 4.77 Å². The van der Waals surface area contributed by atoms with Crippen molar-refractivity contribution in [3.05, 3.63) is 26.9 Å². The standard InChI is InChI=1S/C10H14N2O3S.CH3F/c1-6-4-12(10(16)11-9(6)14)8-3-2-7(5-13)15-8;1-2/h4,7-8,13H,2-3,5H2,1H3,(H,11,14,16);1H3. The SMILES string of the molecule is CF.Cc1cn(C2CCC(CO)O2)c(=S)[nH]c1=O. The highest BCUT2D eigenvalue weighted by Gasteiger charge is 2.26. The van der Waals surface area contributed by atoms with Gasteiger partial charge in [-0.2, -0.15) is 0 Å². The lowest BCUT2D eigenvalue weighted by molar-refractivity contribution is -0.0238. The fourth-order valence-electron chi connectivity index (χ4n) is 1.83. The molecule has 1 fully saturated rings. The maximum absolute atomic E-state index is 11.3. The molecule has 18 heavy (non-hydrogen) atoms. The van der Waals surface area contributed by atoms with Crippen LogP contribution in [0.15, 0.2) is 11.0 Å². The zero-order chi connectivity index (χ0) is 13.7. The van der Waals surface area contributed by atoms with Crippen LogP contribution in [0, 0.1) is 11.7 Å². The molecule has 1 aromatic rings. The van der Waals surface area contributed by atoms with Gasteiger partial charge in [-0.05, 0) is 32.0 Å². The fraction of sp³-hybridized carbons (Fsp3) is 0.636. The smallest absolute Gasteiger partial charge is 0.254 e. The average Bonchev–Trinajstić information content (AvgIpc) is 2.85. The van der Waals surface area contributed by atoms with Crippen LogP contribution >= 0.6 is 12.2 Å². The second kappa shape index (κ2) is 6.77. The van der Waals surface area contributed by atoms with E-state index in [0.717, 1.165) is 12.8 Å². The van der Waals surface area contributed by atoms with Crippen molar-refractivity contribution < 1.29 is 14.2 Å². The van der Waals surface area contributed by atoms with Crippen LogP contribution in [0.2, 0.25) is 0 Å². The summed E-state index contributed by atoms with van der Waals surface area (Å²) in [6.07, 6.45) is 3.00. The van der Waals surface area contributed by atoms with Crippen molar-refractivity contribution in [2.24, 2.45) is 0 Å². The van der Waals surface area contributed by atoms with Gasteiger partial charge in [-0.25, -0.2) is 0 Å². The number of nitrogens with zero attached hydrogens (tertiary/aromatic N) is 1. The summed E-state index contributed by atoms with van der Waals surface area (Å²) in [4.78, 5) is 13.9. The molecular weight excluding hydrogens is 259 g/mol. The summed E-state index contributed by atoms with van der Waals surface area (Å²) in [5.74, 6) is 0. The van der Waals surface area contributed by atoms with Gasteiger partial charge in [0.05, 0.1) is 19.9 Å². The van der Waals surface area contributed by atoms with Gasteiger partial charge in [0, 0.05) is 11.8 Å². The minimum atomic E-state index is -0.180. The minimum absolute atomic E-state index is 0.0200. The Balaban J connectivity index is 0.000000771.